The van der Waals surface area contributed by atoms with Crippen molar-refractivity contribution in [3.05, 3.63) is 53.2 Å². The summed E-state index contributed by atoms with van der Waals surface area (Å²) in [6.07, 6.45) is 2.80. The van der Waals surface area contributed by atoms with Gasteiger partial charge in [-0.25, -0.2) is 9.97 Å². The minimum atomic E-state index is 0.591. The maximum absolute atomic E-state index is 8.81. The summed E-state index contributed by atoms with van der Waals surface area (Å²) in [7, 11) is 0. The van der Waals surface area contributed by atoms with Crippen molar-refractivity contribution in [2.75, 3.05) is 25.0 Å². The van der Waals surface area contributed by atoms with Gasteiger partial charge in [0.1, 0.15) is 16.9 Å². The number of pyridine rings is 1. The predicted octanol–water partition coefficient (Wildman–Crippen LogP) is 3.50. The molecule has 1 atom stereocenters. The number of likely N-dealkylation sites (tertiary alicyclic amines) is 1. The molecule has 0 amide bonds. The Hall–Kier alpha value is -2.49. The molecule has 1 aromatic carbocycles. The third-order valence-electron chi connectivity index (χ3n) is 4.53. The van der Waals surface area contributed by atoms with E-state index in [9.17, 15) is 0 Å². The lowest BCUT2D eigenvalue weighted by molar-refractivity contribution is 0.318. The normalized spacial score (nSPS) is 17.6. The van der Waals surface area contributed by atoms with Crippen LogP contribution in [0, 0.1) is 17.2 Å². The second-order valence-corrected chi connectivity index (χ2v) is 7.51. The molecule has 0 unspecified atom stereocenters. The molecule has 3 heterocycles. The van der Waals surface area contributed by atoms with E-state index in [2.05, 4.69) is 39.5 Å². The third-order valence-corrected chi connectivity index (χ3v) is 5.55. The van der Waals surface area contributed by atoms with Crippen LogP contribution in [0.25, 0.3) is 10.2 Å². The van der Waals surface area contributed by atoms with Crippen molar-refractivity contribution in [1.29, 1.82) is 5.26 Å². The molecule has 0 saturated carbocycles. The molecule has 2 aromatic heterocycles. The van der Waals surface area contributed by atoms with Crippen LogP contribution in [0.3, 0.4) is 0 Å². The van der Waals surface area contributed by atoms with Crippen LogP contribution in [0.15, 0.2) is 42.6 Å². The van der Waals surface area contributed by atoms with Crippen LogP contribution in [-0.4, -0.2) is 34.5 Å². The van der Waals surface area contributed by atoms with Gasteiger partial charge >= 0.3 is 0 Å². The van der Waals surface area contributed by atoms with E-state index in [1.54, 1.807) is 23.6 Å². The van der Waals surface area contributed by atoms with Gasteiger partial charge in [0.2, 0.25) is 0 Å². The Morgan fingerprint density at radius 3 is 3.00 bits per heavy atom. The molecule has 1 N–H and O–H groups in total. The van der Waals surface area contributed by atoms with Gasteiger partial charge in [-0.2, -0.15) is 5.26 Å². The van der Waals surface area contributed by atoms with Gasteiger partial charge in [-0.05, 0) is 43.1 Å². The van der Waals surface area contributed by atoms with Crippen molar-refractivity contribution in [2.24, 2.45) is 5.92 Å². The summed E-state index contributed by atoms with van der Waals surface area (Å²) in [5.74, 6) is 1.45. The summed E-state index contributed by atoms with van der Waals surface area (Å²) in [6.45, 7) is 4.04. The first-order chi connectivity index (χ1) is 12.3. The number of fused-ring (bicyclic) bond motifs is 1. The lowest BCUT2D eigenvalue weighted by Gasteiger charge is -2.15. The van der Waals surface area contributed by atoms with Crippen molar-refractivity contribution in [3.8, 4) is 6.07 Å². The molecule has 0 spiro atoms. The fourth-order valence-electron chi connectivity index (χ4n) is 3.22. The molecule has 1 aliphatic heterocycles. The molecule has 6 heteroatoms. The highest BCUT2D eigenvalue weighted by atomic mass is 32.1. The number of hydrogen-bond acceptors (Lipinski definition) is 6. The molecule has 1 fully saturated rings. The van der Waals surface area contributed by atoms with Gasteiger partial charge in [-0.3, -0.25) is 4.90 Å². The minimum absolute atomic E-state index is 0.591. The summed E-state index contributed by atoms with van der Waals surface area (Å²) in [5, 5.41) is 13.4. The Balaban J connectivity index is 1.29. The van der Waals surface area contributed by atoms with Gasteiger partial charge in [0, 0.05) is 19.3 Å². The number of thiazole rings is 1. The van der Waals surface area contributed by atoms with Crippen LogP contribution in [-0.2, 0) is 6.54 Å². The van der Waals surface area contributed by atoms with Gasteiger partial charge < -0.3 is 5.32 Å². The molecule has 1 aliphatic rings. The number of para-hydroxylation sites is 1. The van der Waals surface area contributed by atoms with E-state index in [-0.39, 0.29) is 0 Å². The number of aromatic nitrogens is 2. The Morgan fingerprint density at radius 2 is 2.20 bits per heavy atom. The Bertz CT molecular complexity index is 863. The molecule has 0 bridgehead atoms. The van der Waals surface area contributed by atoms with Crippen molar-refractivity contribution in [2.45, 2.75) is 13.0 Å². The molecule has 126 valence electrons. The number of nitrogens with one attached hydrogen (secondary N) is 1. The average molecular weight is 349 g/mol. The fraction of sp³-hybridized carbons (Fsp3) is 0.316. The van der Waals surface area contributed by atoms with Gasteiger partial charge in [0.05, 0.1) is 22.3 Å². The predicted molar refractivity (Wildman–Crippen MR) is 100 cm³/mol. The van der Waals surface area contributed by atoms with E-state index >= 15 is 0 Å². The van der Waals surface area contributed by atoms with Crippen LogP contribution >= 0.6 is 11.3 Å². The van der Waals surface area contributed by atoms with Crippen molar-refractivity contribution >= 4 is 27.4 Å². The monoisotopic (exact) mass is 349 g/mol. The van der Waals surface area contributed by atoms with E-state index in [0.29, 0.717) is 11.5 Å². The summed E-state index contributed by atoms with van der Waals surface area (Å²) in [4.78, 5) is 11.5. The first-order valence-corrected chi connectivity index (χ1v) is 9.28. The minimum Gasteiger partial charge on any atom is -0.370 e. The molecule has 1 saturated heterocycles. The van der Waals surface area contributed by atoms with Crippen molar-refractivity contribution in [3.63, 3.8) is 0 Å². The van der Waals surface area contributed by atoms with Gasteiger partial charge in [-0.1, -0.05) is 12.1 Å². The van der Waals surface area contributed by atoms with Gasteiger partial charge in [0.25, 0.3) is 0 Å². The number of anilines is 1. The maximum Gasteiger partial charge on any atom is 0.125 e. The van der Waals surface area contributed by atoms with Crippen LogP contribution in [0.1, 0.15) is 17.0 Å². The average Bonchev–Trinajstić information content (AvgIpc) is 3.26. The second kappa shape index (κ2) is 7.18. The van der Waals surface area contributed by atoms with Crippen LogP contribution < -0.4 is 5.32 Å². The van der Waals surface area contributed by atoms with Crippen molar-refractivity contribution < 1.29 is 0 Å². The zero-order valence-corrected chi connectivity index (χ0v) is 14.7. The summed E-state index contributed by atoms with van der Waals surface area (Å²) in [5.41, 5.74) is 1.69. The number of nitrogens with zero attached hydrogens (tertiary/aromatic N) is 4. The highest BCUT2D eigenvalue weighted by Gasteiger charge is 2.23. The topological polar surface area (TPSA) is 64.8 Å². The molecular formula is C19H19N5S. The smallest absolute Gasteiger partial charge is 0.125 e. The zero-order chi connectivity index (χ0) is 17.1. The molecule has 5 nitrogen and oxygen atoms in total. The fourth-order valence-corrected chi connectivity index (χ4v) is 4.23. The van der Waals surface area contributed by atoms with E-state index in [1.165, 1.54) is 16.1 Å². The Morgan fingerprint density at radius 1 is 1.28 bits per heavy atom. The Kier molecular flexibility index (Phi) is 4.59. The highest BCUT2D eigenvalue weighted by molar-refractivity contribution is 7.18. The number of nitriles is 1. The van der Waals surface area contributed by atoms with Crippen molar-refractivity contribution in [1.82, 2.24) is 14.9 Å². The van der Waals surface area contributed by atoms with E-state index < -0.39 is 0 Å². The molecule has 3 aromatic rings. The third kappa shape index (κ3) is 3.78. The maximum atomic E-state index is 8.81. The highest BCUT2D eigenvalue weighted by Crippen LogP contribution is 2.25. The van der Waals surface area contributed by atoms with Gasteiger partial charge in [0.15, 0.2) is 0 Å². The molecule has 25 heavy (non-hydrogen) atoms. The molecule has 4 rings (SSSR count). The molecule has 0 aliphatic carbocycles. The summed E-state index contributed by atoms with van der Waals surface area (Å²) >= 11 is 1.79. The van der Waals surface area contributed by atoms with Gasteiger partial charge in [-0.15, -0.1) is 11.3 Å². The quantitative estimate of drug-likeness (QED) is 0.764. The molecular weight excluding hydrogens is 330 g/mol. The SMILES string of the molecule is N#Cc1ccc(NC[C@@H]2CCN(Cc3nc4ccccc4s3)C2)nc1. The standard InChI is InChI=1S/C19H19N5S/c20-9-14-5-6-18(21-10-14)22-11-15-7-8-24(12-15)13-19-23-16-3-1-2-4-17(16)25-19/h1-6,10,15H,7-8,11-13H2,(H,21,22)/t15-/m0/s1. The van der Waals surface area contributed by atoms with Crippen LogP contribution in [0.4, 0.5) is 5.82 Å². The first kappa shape index (κ1) is 16.0. The zero-order valence-electron chi connectivity index (χ0n) is 13.9. The lowest BCUT2D eigenvalue weighted by atomic mass is 10.1. The number of rotatable bonds is 5. The summed E-state index contributed by atoms with van der Waals surface area (Å²) < 4.78 is 1.27. The lowest BCUT2D eigenvalue weighted by Crippen LogP contribution is -2.22. The van der Waals surface area contributed by atoms with E-state index in [4.69, 9.17) is 10.2 Å². The largest absolute Gasteiger partial charge is 0.370 e. The first-order valence-electron chi connectivity index (χ1n) is 8.47. The number of benzene rings is 1. The van der Waals surface area contributed by atoms with E-state index in [0.717, 1.165) is 37.5 Å². The van der Waals surface area contributed by atoms with E-state index in [1.807, 2.05) is 12.1 Å². The Labute approximate surface area is 151 Å². The molecule has 0 radical (unpaired) electrons. The summed E-state index contributed by atoms with van der Waals surface area (Å²) in [6, 6.07) is 14.1. The van der Waals surface area contributed by atoms with Crippen LogP contribution in [0.2, 0.25) is 0 Å². The number of hydrogen-bond donors (Lipinski definition) is 1. The second-order valence-electron chi connectivity index (χ2n) is 6.39. The van der Waals surface area contributed by atoms with Crippen LogP contribution in [0.5, 0.6) is 0 Å².